The van der Waals surface area contributed by atoms with Gasteiger partial charge in [0, 0.05) is 5.38 Å². The van der Waals surface area contributed by atoms with E-state index in [2.05, 4.69) is 9.72 Å². The van der Waals surface area contributed by atoms with Crippen LogP contribution in [0.1, 0.15) is 10.5 Å². The number of primary amides is 1. The molecule has 82 valence electrons. The molecule has 0 aromatic carbocycles. The summed E-state index contributed by atoms with van der Waals surface area (Å²) in [6, 6.07) is 0. The maximum Gasteiger partial charge on any atom is 0.491 e. The largest absolute Gasteiger partial charge is 0.491 e. The molecule has 1 heterocycles. The van der Waals surface area contributed by atoms with Crippen LogP contribution in [0, 0.1) is 0 Å². The van der Waals surface area contributed by atoms with E-state index >= 15 is 0 Å². The maximum atomic E-state index is 11.7. The molecule has 0 fully saturated rings. The quantitative estimate of drug-likeness (QED) is 0.772. The smallest absolute Gasteiger partial charge is 0.391 e. The first kappa shape index (κ1) is 11.4. The van der Waals surface area contributed by atoms with Gasteiger partial charge < -0.3 is 10.5 Å². The summed E-state index contributed by atoms with van der Waals surface area (Å²) < 4.78 is 39.0. The lowest BCUT2D eigenvalue weighted by molar-refractivity contribution is -0.189. The third-order valence-corrected chi connectivity index (χ3v) is 1.86. The topological polar surface area (TPSA) is 82.3 Å². The number of hydrogen-bond donors (Lipinski definition) is 1. The van der Waals surface area contributed by atoms with E-state index in [1.165, 1.54) is 0 Å². The van der Waals surface area contributed by atoms with E-state index in [1.807, 2.05) is 0 Å². The molecule has 1 amide bonds. The van der Waals surface area contributed by atoms with Crippen molar-refractivity contribution in [2.24, 2.45) is 5.73 Å². The molecule has 1 aromatic rings. The molecule has 0 aliphatic heterocycles. The van der Waals surface area contributed by atoms with Gasteiger partial charge in [0.25, 0.3) is 11.1 Å². The standard InChI is InChI=1S/C6H3F3N2O3S/c7-6(8,9)4(13)14-5-11-2(1-15-5)3(10)12/h1H,(H2,10,12). The van der Waals surface area contributed by atoms with Gasteiger partial charge in [-0.3, -0.25) is 4.79 Å². The van der Waals surface area contributed by atoms with Crippen LogP contribution in [0.3, 0.4) is 0 Å². The Morgan fingerprint density at radius 1 is 1.47 bits per heavy atom. The number of rotatable bonds is 2. The van der Waals surface area contributed by atoms with Gasteiger partial charge in [-0.15, -0.1) is 0 Å². The van der Waals surface area contributed by atoms with Crippen molar-refractivity contribution >= 4 is 23.2 Å². The van der Waals surface area contributed by atoms with E-state index in [1.54, 1.807) is 0 Å². The average Bonchev–Trinajstić information content (AvgIpc) is 2.50. The zero-order chi connectivity index (χ0) is 11.6. The number of nitrogens with two attached hydrogens (primary N) is 1. The minimum Gasteiger partial charge on any atom is -0.391 e. The minimum atomic E-state index is -5.10. The molecule has 0 spiro atoms. The molecule has 15 heavy (non-hydrogen) atoms. The third kappa shape index (κ3) is 2.91. The van der Waals surface area contributed by atoms with E-state index < -0.39 is 23.2 Å². The molecule has 0 atom stereocenters. The highest BCUT2D eigenvalue weighted by Crippen LogP contribution is 2.22. The summed E-state index contributed by atoms with van der Waals surface area (Å²) in [5.41, 5.74) is 4.53. The first-order valence-electron chi connectivity index (χ1n) is 3.35. The fraction of sp³-hybridized carbons (Fsp3) is 0.167. The molecule has 0 aliphatic carbocycles. The summed E-state index contributed by atoms with van der Waals surface area (Å²) in [6.45, 7) is 0. The van der Waals surface area contributed by atoms with Gasteiger partial charge in [-0.1, -0.05) is 11.3 Å². The first-order chi connectivity index (χ1) is 6.80. The summed E-state index contributed by atoms with van der Waals surface area (Å²) in [7, 11) is 0. The van der Waals surface area contributed by atoms with Gasteiger partial charge in [0.15, 0.2) is 0 Å². The molecule has 9 heteroatoms. The Bertz CT molecular complexity index is 401. The lowest BCUT2D eigenvalue weighted by Gasteiger charge is -2.02. The zero-order valence-electron chi connectivity index (χ0n) is 6.87. The van der Waals surface area contributed by atoms with Crippen LogP contribution in [0.25, 0.3) is 0 Å². The average molecular weight is 240 g/mol. The van der Waals surface area contributed by atoms with Gasteiger partial charge in [-0.05, 0) is 0 Å². The summed E-state index contributed by atoms with van der Waals surface area (Å²) in [6.07, 6.45) is -5.10. The molecular weight excluding hydrogens is 237 g/mol. The Hall–Kier alpha value is -1.64. The van der Waals surface area contributed by atoms with E-state index in [0.29, 0.717) is 11.3 Å². The van der Waals surface area contributed by atoms with Crippen molar-refractivity contribution in [1.82, 2.24) is 4.98 Å². The van der Waals surface area contributed by atoms with E-state index in [4.69, 9.17) is 5.73 Å². The summed E-state index contributed by atoms with van der Waals surface area (Å²) in [5, 5.41) is 0.507. The number of aromatic nitrogens is 1. The fourth-order valence-electron chi connectivity index (χ4n) is 0.554. The highest BCUT2D eigenvalue weighted by Gasteiger charge is 2.42. The third-order valence-electron chi connectivity index (χ3n) is 1.15. The van der Waals surface area contributed by atoms with Crippen LogP contribution in [0.2, 0.25) is 0 Å². The minimum absolute atomic E-state index is 0.259. The number of esters is 1. The molecule has 1 rings (SSSR count). The second-order valence-corrected chi connectivity index (χ2v) is 3.07. The lowest BCUT2D eigenvalue weighted by atomic mass is 10.5. The van der Waals surface area contributed by atoms with E-state index in [9.17, 15) is 22.8 Å². The van der Waals surface area contributed by atoms with Crippen molar-refractivity contribution in [3.8, 4) is 5.19 Å². The van der Waals surface area contributed by atoms with Crippen LogP contribution >= 0.6 is 11.3 Å². The first-order valence-corrected chi connectivity index (χ1v) is 4.23. The van der Waals surface area contributed by atoms with Crippen LogP contribution in [0.15, 0.2) is 5.38 Å². The Morgan fingerprint density at radius 3 is 2.47 bits per heavy atom. The number of thiazole rings is 1. The molecule has 0 unspecified atom stereocenters. The van der Waals surface area contributed by atoms with Gasteiger partial charge in [0.2, 0.25) is 0 Å². The van der Waals surface area contributed by atoms with Crippen LogP contribution in [-0.2, 0) is 4.79 Å². The Balaban J connectivity index is 2.74. The summed E-state index contributed by atoms with van der Waals surface area (Å²) in [4.78, 5) is 24.1. The molecule has 0 radical (unpaired) electrons. The fourth-order valence-corrected chi connectivity index (χ4v) is 1.21. The Morgan fingerprint density at radius 2 is 2.07 bits per heavy atom. The summed E-state index contributed by atoms with van der Waals surface area (Å²) in [5.74, 6) is -3.31. The highest BCUT2D eigenvalue weighted by atomic mass is 32.1. The molecule has 5 nitrogen and oxygen atoms in total. The van der Waals surface area contributed by atoms with Crippen LogP contribution in [0.5, 0.6) is 5.19 Å². The number of carbonyl (C=O) groups is 2. The zero-order valence-corrected chi connectivity index (χ0v) is 7.69. The number of alkyl halides is 3. The van der Waals surface area contributed by atoms with Crippen LogP contribution in [0.4, 0.5) is 13.2 Å². The van der Waals surface area contributed by atoms with Crippen molar-refractivity contribution < 1.29 is 27.5 Å². The molecule has 2 N–H and O–H groups in total. The molecular formula is C6H3F3N2O3S. The van der Waals surface area contributed by atoms with Gasteiger partial charge >= 0.3 is 12.1 Å². The van der Waals surface area contributed by atoms with Crippen molar-refractivity contribution in [1.29, 1.82) is 0 Å². The number of ether oxygens (including phenoxy) is 1. The van der Waals surface area contributed by atoms with Crippen molar-refractivity contribution in [2.45, 2.75) is 6.18 Å². The molecule has 0 bridgehead atoms. The van der Waals surface area contributed by atoms with Gasteiger partial charge in [0.05, 0.1) is 0 Å². The Labute approximate surface area is 84.7 Å². The van der Waals surface area contributed by atoms with E-state index in [0.717, 1.165) is 5.38 Å². The van der Waals surface area contributed by atoms with Crippen molar-refractivity contribution in [3.63, 3.8) is 0 Å². The van der Waals surface area contributed by atoms with Gasteiger partial charge in [-0.25, -0.2) is 4.79 Å². The SMILES string of the molecule is NC(=O)c1csc(OC(=O)C(F)(F)F)n1. The van der Waals surface area contributed by atoms with Gasteiger partial charge in [-0.2, -0.15) is 18.2 Å². The number of hydrogen-bond acceptors (Lipinski definition) is 5. The Kier molecular flexibility index (Phi) is 2.93. The van der Waals surface area contributed by atoms with Crippen molar-refractivity contribution in [2.75, 3.05) is 0 Å². The summed E-state index contributed by atoms with van der Waals surface area (Å²) >= 11 is 0.567. The van der Waals surface area contributed by atoms with Crippen molar-refractivity contribution in [3.05, 3.63) is 11.1 Å². The van der Waals surface area contributed by atoms with E-state index in [-0.39, 0.29) is 5.69 Å². The predicted octanol–water partition coefficient (Wildman–Crippen LogP) is 0.710. The highest BCUT2D eigenvalue weighted by molar-refractivity contribution is 7.11. The second kappa shape index (κ2) is 3.85. The van der Waals surface area contributed by atoms with Gasteiger partial charge in [0.1, 0.15) is 5.69 Å². The molecule has 0 saturated heterocycles. The molecule has 0 aliphatic rings. The number of carbonyl (C=O) groups excluding carboxylic acids is 2. The number of halogens is 3. The molecule has 0 saturated carbocycles. The number of amides is 1. The predicted molar refractivity (Wildman–Crippen MR) is 42.3 cm³/mol. The monoisotopic (exact) mass is 240 g/mol. The number of nitrogens with zero attached hydrogens (tertiary/aromatic N) is 1. The van der Waals surface area contributed by atoms with Crippen LogP contribution < -0.4 is 10.5 Å². The molecule has 1 aromatic heterocycles. The maximum absolute atomic E-state index is 11.7. The normalized spacial score (nSPS) is 11.1. The van der Waals surface area contributed by atoms with Crippen LogP contribution in [-0.4, -0.2) is 23.0 Å². The second-order valence-electron chi connectivity index (χ2n) is 2.25. The lowest BCUT2D eigenvalue weighted by Crippen LogP contribution is -2.28.